The zero-order valence-corrected chi connectivity index (χ0v) is 13.6. The molecule has 3 rings (SSSR count). The van der Waals surface area contributed by atoms with Gasteiger partial charge in [-0.25, -0.2) is 0 Å². The predicted octanol–water partition coefficient (Wildman–Crippen LogP) is 2.04. The molecule has 1 heterocycles. The molecule has 0 radical (unpaired) electrons. The molecule has 3 heteroatoms. The molecule has 1 N–H and O–H groups in total. The quantitative estimate of drug-likeness (QED) is 0.876. The molecule has 23 heavy (non-hydrogen) atoms. The van der Waals surface area contributed by atoms with E-state index in [1.807, 2.05) is 60.7 Å². The first-order valence-electron chi connectivity index (χ1n) is 8.35. The van der Waals surface area contributed by atoms with Crippen LogP contribution in [0.2, 0.25) is 0 Å². The molecule has 1 fully saturated rings. The van der Waals surface area contributed by atoms with Gasteiger partial charge in [0.1, 0.15) is 12.5 Å². The summed E-state index contributed by atoms with van der Waals surface area (Å²) in [7, 11) is 2.16. The van der Waals surface area contributed by atoms with Crippen LogP contribution >= 0.6 is 0 Å². The smallest absolute Gasteiger partial charge is 0.318 e. The van der Waals surface area contributed by atoms with Crippen LogP contribution < -0.4 is 4.90 Å². The van der Waals surface area contributed by atoms with Crippen molar-refractivity contribution >= 4 is 5.97 Å². The van der Waals surface area contributed by atoms with Gasteiger partial charge in [-0.15, -0.1) is 0 Å². The monoisotopic (exact) mass is 310 g/mol. The van der Waals surface area contributed by atoms with Crippen LogP contribution in [0.15, 0.2) is 60.7 Å². The van der Waals surface area contributed by atoms with Gasteiger partial charge < -0.3 is 9.64 Å². The molecule has 0 aromatic heterocycles. The molecule has 1 aliphatic rings. The first-order chi connectivity index (χ1) is 11.2. The second kappa shape index (κ2) is 7.42. The molecule has 1 aliphatic heterocycles. The maximum atomic E-state index is 12.9. The van der Waals surface area contributed by atoms with Gasteiger partial charge in [0.15, 0.2) is 6.10 Å². The summed E-state index contributed by atoms with van der Waals surface area (Å²) >= 11 is 0. The number of esters is 1. The molecule has 3 nitrogen and oxygen atoms in total. The average Bonchev–Trinajstić information content (AvgIpc) is 2.57. The standard InChI is InChI=1S/C20H23NO2/c1-21-14-8-13-18(15-21)23-20(22)19(16-9-4-2-5-10-16)17-11-6-3-7-12-17/h2-7,9-12,18-19H,8,13-15H2,1H3/p+1/t18-/m1/s1. The number of hydrogen-bond acceptors (Lipinski definition) is 2. The first-order valence-corrected chi connectivity index (χ1v) is 8.35. The van der Waals surface area contributed by atoms with Crippen molar-refractivity contribution in [2.75, 3.05) is 20.1 Å². The maximum Gasteiger partial charge on any atom is 0.318 e. The number of nitrogens with one attached hydrogen (secondary N) is 1. The Kier molecular flexibility index (Phi) is 5.09. The zero-order chi connectivity index (χ0) is 16.1. The molecule has 0 spiro atoms. The van der Waals surface area contributed by atoms with E-state index in [-0.39, 0.29) is 18.0 Å². The molecular weight excluding hydrogens is 286 g/mol. The summed E-state index contributed by atoms with van der Waals surface area (Å²) in [6, 6.07) is 19.8. The van der Waals surface area contributed by atoms with E-state index in [4.69, 9.17) is 4.74 Å². The largest absolute Gasteiger partial charge is 0.456 e. The van der Waals surface area contributed by atoms with Crippen molar-refractivity contribution in [1.29, 1.82) is 0 Å². The van der Waals surface area contributed by atoms with Gasteiger partial charge in [-0.05, 0) is 17.5 Å². The van der Waals surface area contributed by atoms with Gasteiger partial charge in [0.25, 0.3) is 0 Å². The molecule has 2 aromatic rings. The van der Waals surface area contributed by atoms with E-state index >= 15 is 0 Å². The minimum absolute atomic E-state index is 0.0335. The Morgan fingerprint density at radius 2 is 1.61 bits per heavy atom. The third kappa shape index (κ3) is 3.99. The zero-order valence-electron chi connectivity index (χ0n) is 13.6. The van der Waals surface area contributed by atoms with Gasteiger partial charge in [-0.2, -0.15) is 0 Å². The topological polar surface area (TPSA) is 30.7 Å². The number of likely N-dealkylation sites (N-methyl/N-ethyl adjacent to an activating group) is 1. The molecule has 0 bridgehead atoms. The number of ether oxygens (including phenoxy) is 1. The summed E-state index contributed by atoms with van der Waals surface area (Å²) in [5.74, 6) is -0.485. The highest BCUT2D eigenvalue weighted by atomic mass is 16.5. The third-order valence-corrected chi connectivity index (χ3v) is 4.49. The SMILES string of the molecule is C[NH+]1CCC[C@@H](OC(=O)C(c2ccccc2)c2ccccc2)C1. The van der Waals surface area contributed by atoms with E-state index < -0.39 is 0 Å². The molecular formula is C20H24NO2+. The number of hydrogen-bond donors (Lipinski definition) is 1. The van der Waals surface area contributed by atoms with Crippen LogP contribution in [0.25, 0.3) is 0 Å². The minimum atomic E-state index is -0.348. The summed E-state index contributed by atoms with van der Waals surface area (Å²) < 4.78 is 5.87. The fourth-order valence-corrected chi connectivity index (χ4v) is 3.31. The van der Waals surface area contributed by atoms with Crippen LogP contribution in [0.1, 0.15) is 29.9 Å². The minimum Gasteiger partial charge on any atom is -0.456 e. The second-order valence-electron chi connectivity index (χ2n) is 6.37. The van der Waals surface area contributed by atoms with Crippen LogP contribution in [0, 0.1) is 0 Å². The maximum absolute atomic E-state index is 12.9. The van der Waals surface area contributed by atoms with E-state index in [0.29, 0.717) is 0 Å². The number of carbonyl (C=O) groups excluding carboxylic acids is 1. The van der Waals surface area contributed by atoms with Gasteiger partial charge in [0, 0.05) is 6.42 Å². The molecule has 1 saturated heterocycles. The molecule has 120 valence electrons. The summed E-state index contributed by atoms with van der Waals surface area (Å²) in [5.41, 5.74) is 1.97. The fourth-order valence-electron chi connectivity index (χ4n) is 3.31. The molecule has 0 amide bonds. The van der Waals surface area contributed by atoms with Crippen LogP contribution in [0.5, 0.6) is 0 Å². The van der Waals surface area contributed by atoms with E-state index in [0.717, 1.165) is 37.1 Å². The van der Waals surface area contributed by atoms with Crippen molar-refractivity contribution in [3.8, 4) is 0 Å². The lowest BCUT2D eigenvalue weighted by Crippen LogP contribution is -3.11. The third-order valence-electron chi connectivity index (χ3n) is 4.49. The number of likely N-dealkylation sites (tertiary alicyclic amines) is 1. The van der Waals surface area contributed by atoms with Crippen LogP contribution in [0.4, 0.5) is 0 Å². The van der Waals surface area contributed by atoms with Gasteiger partial charge in [-0.3, -0.25) is 4.79 Å². The van der Waals surface area contributed by atoms with E-state index in [1.165, 1.54) is 4.90 Å². The van der Waals surface area contributed by atoms with E-state index in [9.17, 15) is 4.79 Å². The van der Waals surface area contributed by atoms with Crippen molar-refractivity contribution in [2.24, 2.45) is 0 Å². The first kappa shape index (κ1) is 15.8. The normalized spacial score (nSPS) is 21.1. The summed E-state index contributed by atoms with van der Waals surface area (Å²) in [5, 5.41) is 0. The summed E-state index contributed by atoms with van der Waals surface area (Å²) in [6.07, 6.45) is 2.12. The lowest BCUT2D eigenvalue weighted by atomic mass is 9.91. The highest BCUT2D eigenvalue weighted by Crippen LogP contribution is 2.26. The Morgan fingerprint density at radius 3 is 2.13 bits per heavy atom. The number of carbonyl (C=O) groups is 1. The Balaban J connectivity index is 1.82. The highest BCUT2D eigenvalue weighted by Gasteiger charge is 2.29. The second-order valence-corrected chi connectivity index (χ2v) is 6.37. The van der Waals surface area contributed by atoms with E-state index in [2.05, 4.69) is 7.05 Å². The van der Waals surface area contributed by atoms with E-state index in [1.54, 1.807) is 0 Å². The average molecular weight is 310 g/mol. The lowest BCUT2D eigenvalue weighted by molar-refractivity contribution is -0.888. The predicted molar refractivity (Wildman–Crippen MR) is 90.5 cm³/mol. The summed E-state index contributed by atoms with van der Waals surface area (Å²) in [4.78, 5) is 14.3. The van der Waals surface area contributed by atoms with Crippen molar-refractivity contribution in [3.63, 3.8) is 0 Å². The highest BCUT2D eigenvalue weighted by molar-refractivity contribution is 5.82. The van der Waals surface area contributed by atoms with Crippen LogP contribution in [-0.2, 0) is 9.53 Å². The van der Waals surface area contributed by atoms with Crippen molar-refractivity contribution in [1.82, 2.24) is 0 Å². The van der Waals surface area contributed by atoms with Crippen molar-refractivity contribution in [2.45, 2.75) is 24.9 Å². The molecule has 2 aromatic carbocycles. The summed E-state index contributed by atoms with van der Waals surface area (Å²) in [6.45, 7) is 2.07. The molecule has 0 aliphatic carbocycles. The van der Waals surface area contributed by atoms with Crippen molar-refractivity contribution in [3.05, 3.63) is 71.8 Å². The number of rotatable bonds is 4. The number of quaternary nitrogens is 1. The van der Waals surface area contributed by atoms with Crippen LogP contribution in [0.3, 0.4) is 0 Å². The lowest BCUT2D eigenvalue weighted by Gasteiger charge is -2.28. The number of benzene rings is 2. The Hall–Kier alpha value is -2.13. The van der Waals surface area contributed by atoms with Gasteiger partial charge in [-0.1, -0.05) is 60.7 Å². The van der Waals surface area contributed by atoms with Gasteiger partial charge in [0.05, 0.1) is 13.6 Å². The number of piperidine rings is 1. The van der Waals surface area contributed by atoms with Gasteiger partial charge >= 0.3 is 5.97 Å². The molecule has 0 saturated carbocycles. The Labute approximate surface area is 137 Å². The molecule has 2 atom stereocenters. The van der Waals surface area contributed by atoms with Crippen LogP contribution in [-0.4, -0.2) is 32.2 Å². The van der Waals surface area contributed by atoms with Gasteiger partial charge in [0.2, 0.25) is 0 Å². The van der Waals surface area contributed by atoms with Crippen molar-refractivity contribution < 1.29 is 14.4 Å². The Bertz CT molecular complexity index is 587. The molecule has 1 unspecified atom stereocenters. The Morgan fingerprint density at radius 1 is 1.04 bits per heavy atom. The fraction of sp³-hybridized carbons (Fsp3) is 0.350.